The predicted octanol–water partition coefficient (Wildman–Crippen LogP) is 1.78. The molecule has 1 aromatic carbocycles. The number of amides is 1. The molecule has 0 aliphatic carbocycles. The minimum atomic E-state index is -0.283. The van der Waals surface area contributed by atoms with Crippen molar-refractivity contribution in [3.8, 4) is 6.07 Å². The minimum Gasteiger partial charge on any atom is -0.296 e. The maximum atomic E-state index is 11.9. The second-order valence-corrected chi connectivity index (χ2v) is 4.80. The maximum Gasteiger partial charge on any atom is 0.252 e. The van der Waals surface area contributed by atoms with Crippen LogP contribution in [0.5, 0.6) is 0 Å². The topological polar surface area (TPSA) is 98.6 Å². The van der Waals surface area contributed by atoms with Crippen molar-refractivity contribution < 1.29 is 4.79 Å². The number of benzene rings is 1. The van der Waals surface area contributed by atoms with Crippen LogP contribution in [0.3, 0.4) is 0 Å². The lowest BCUT2D eigenvalue weighted by Gasteiger charge is -2.05. The monoisotopic (exact) mass is 296 g/mol. The third-order valence-corrected chi connectivity index (χ3v) is 3.14. The summed E-state index contributed by atoms with van der Waals surface area (Å²) in [6.07, 6.45) is 1.44. The van der Waals surface area contributed by atoms with Crippen molar-refractivity contribution in [2.75, 3.05) is 5.32 Å². The lowest BCUT2D eigenvalue weighted by atomic mass is 10.1. The molecule has 1 heterocycles. The Balaban J connectivity index is 1.94. The molecule has 2 aromatic rings. The van der Waals surface area contributed by atoms with Gasteiger partial charge in [-0.25, -0.2) is 4.98 Å². The van der Waals surface area contributed by atoms with Gasteiger partial charge in [0, 0.05) is 18.2 Å². The fraction of sp³-hybridized carbons (Fsp3) is 0.250. The molecule has 0 radical (unpaired) electrons. The molecule has 0 aliphatic heterocycles. The van der Waals surface area contributed by atoms with Crippen molar-refractivity contribution >= 4 is 11.9 Å². The molecular formula is C16H16N4O2. The number of aromatic nitrogens is 2. The highest BCUT2D eigenvalue weighted by Gasteiger charge is 2.06. The van der Waals surface area contributed by atoms with Crippen molar-refractivity contribution in [3.05, 3.63) is 57.5 Å². The van der Waals surface area contributed by atoms with Gasteiger partial charge < -0.3 is 0 Å². The highest BCUT2D eigenvalue weighted by Crippen LogP contribution is 2.07. The van der Waals surface area contributed by atoms with Crippen LogP contribution in [0.1, 0.15) is 30.2 Å². The number of aryl methyl sites for hydroxylation is 2. The highest BCUT2D eigenvalue weighted by atomic mass is 16.2. The second kappa shape index (κ2) is 7.18. The van der Waals surface area contributed by atoms with E-state index in [1.807, 2.05) is 25.1 Å². The minimum absolute atomic E-state index is 0.175. The van der Waals surface area contributed by atoms with E-state index in [0.29, 0.717) is 24.1 Å². The number of nitrogens with zero attached hydrogens (tertiary/aromatic N) is 2. The molecule has 6 heteroatoms. The number of hydrogen-bond donors (Lipinski definition) is 2. The number of anilines is 1. The molecular weight excluding hydrogens is 280 g/mol. The van der Waals surface area contributed by atoms with Crippen LogP contribution in [0.15, 0.2) is 35.1 Å². The molecule has 0 bridgehead atoms. The third kappa shape index (κ3) is 4.28. The third-order valence-electron chi connectivity index (χ3n) is 3.14. The van der Waals surface area contributed by atoms with Gasteiger partial charge in [0.25, 0.3) is 5.56 Å². The number of carbonyl (C=O) groups is 1. The molecule has 0 atom stereocenters. The average molecular weight is 296 g/mol. The van der Waals surface area contributed by atoms with Gasteiger partial charge in [0.05, 0.1) is 11.6 Å². The molecule has 6 nitrogen and oxygen atoms in total. The van der Waals surface area contributed by atoms with E-state index in [1.54, 1.807) is 12.1 Å². The number of H-pyrrole nitrogens is 1. The van der Waals surface area contributed by atoms with Gasteiger partial charge >= 0.3 is 0 Å². The zero-order valence-corrected chi connectivity index (χ0v) is 12.2. The first kappa shape index (κ1) is 15.4. The van der Waals surface area contributed by atoms with E-state index in [2.05, 4.69) is 15.3 Å². The Labute approximate surface area is 127 Å². The van der Waals surface area contributed by atoms with Crippen LogP contribution in [0.2, 0.25) is 0 Å². The number of aromatic amines is 1. The van der Waals surface area contributed by atoms with E-state index in [1.165, 1.54) is 6.07 Å². The molecule has 112 valence electrons. The zero-order chi connectivity index (χ0) is 15.9. The fourth-order valence-corrected chi connectivity index (χ4v) is 1.95. The summed E-state index contributed by atoms with van der Waals surface area (Å²) in [4.78, 5) is 30.0. The molecule has 0 fully saturated rings. The second-order valence-electron chi connectivity index (χ2n) is 4.80. The summed E-state index contributed by atoms with van der Waals surface area (Å²) in [5.41, 5.74) is 1.91. The lowest BCUT2D eigenvalue weighted by molar-refractivity contribution is -0.116. The van der Waals surface area contributed by atoms with Crippen molar-refractivity contribution in [2.45, 2.75) is 26.2 Å². The van der Waals surface area contributed by atoms with Crippen LogP contribution >= 0.6 is 0 Å². The van der Waals surface area contributed by atoms with Crippen LogP contribution in [-0.2, 0) is 17.6 Å². The molecule has 0 spiro atoms. The summed E-state index contributed by atoms with van der Waals surface area (Å²) in [6.45, 7) is 1.89. The van der Waals surface area contributed by atoms with Crippen molar-refractivity contribution in [3.63, 3.8) is 0 Å². The molecule has 2 rings (SSSR count). The molecule has 0 saturated carbocycles. The van der Waals surface area contributed by atoms with Crippen molar-refractivity contribution in [1.82, 2.24) is 9.97 Å². The summed E-state index contributed by atoms with van der Waals surface area (Å²) >= 11 is 0. The van der Waals surface area contributed by atoms with Crippen LogP contribution in [0, 0.1) is 11.3 Å². The van der Waals surface area contributed by atoms with Crippen molar-refractivity contribution in [2.24, 2.45) is 0 Å². The smallest absolute Gasteiger partial charge is 0.252 e. The van der Waals surface area contributed by atoms with Crippen LogP contribution in [-0.4, -0.2) is 15.9 Å². The van der Waals surface area contributed by atoms with E-state index in [4.69, 9.17) is 5.26 Å². The Kier molecular flexibility index (Phi) is 5.04. The quantitative estimate of drug-likeness (QED) is 0.878. The van der Waals surface area contributed by atoms with Gasteiger partial charge in [-0.3, -0.25) is 19.9 Å². The van der Waals surface area contributed by atoms with Gasteiger partial charge in [-0.05, 0) is 30.5 Å². The van der Waals surface area contributed by atoms with Gasteiger partial charge in [0.1, 0.15) is 0 Å². The summed E-state index contributed by atoms with van der Waals surface area (Å²) in [6, 6.07) is 10.5. The average Bonchev–Trinajstić information content (AvgIpc) is 2.52. The molecule has 2 N–H and O–H groups in total. The fourth-order valence-electron chi connectivity index (χ4n) is 1.95. The van der Waals surface area contributed by atoms with Gasteiger partial charge in [-0.2, -0.15) is 5.26 Å². The largest absolute Gasteiger partial charge is 0.296 e. The Morgan fingerprint density at radius 3 is 2.73 bits per heavy atom. The maximum absolute atomic E-state index is 11.9. The summed E-state index contributed by atoms with van der Waals surface area (Å²) in [5, 5.41) is 11.3. The number of hydrogen-bond acceptors (Lipinski definition) is 4. The predicted molar refractivity (Wildman–Crippen MR) is 82.3 cm³/mol. The van der Waals surface area contributed by atoms with Crippen LogP contribution < -0.4 is 10.9 Å². The van der Waals surface area contributed by atoms with Crippen LogP contribution in [0.4, 0.5) is 5.95 Å². The Bertz CT molecular complexity index is 757. The van der Waals surface area contributed by atoms with E-state index in [0.717, 1.165) is 5.56 Å². The Morgan fingerprint density at radius 1 is 1.36 bits per heavy atom. The summed E-state index contributed by atoms with van der Waals surface area (Å²) < 4.78 is 0. The lowest BCUT2D eigenvalue weighted by Crippen LogP contribution is -2.19. The number of nitriles is 1. The first-order valence-corrected chi connectivity index (χ1v) is 7.00. The molecule has 0 aliphatic rings. The number of nitrogens with one attached hydrogen (secondary N) is 2. The normalized spacial score (nSPS) is 10.0. The molecule has 1 amide bonds. The van der Waals surface area contributed by atoms with E-state index in [-0.39, 0.29) is 23.8 Å². The SMILES string of the molecule is CCc1cc(=O)[nH]c(NC(=O)CCc2ccc(C#N)cc2)n1. The first-order valence-electron chi connectivity index (χ1n) is 7.00. The first-order chi connectivity index (χ1) is 10.6. The summed E-state index contributed by atoms with van der Waals surface area (Å²) in [5.74, 6) is -0.0464. The Morgan fingerprint density at radius 2 is 2.09 bits per heavy atom. The number of carbonyl (C=O) groups excluding carboxylic acids is 1. The van der Waals surface area contributed by atoms with Gasteiger partial charge in [-0.15, -0.1) is 0 Å². The highest BCUT2D eigenvalue weighted by molar-refractivity contribution is 5.89. The standard InChI is InChI=1S/C16H16N4O2/c1-2-13-9-15(22)20-16(18-13)19-14(21)8-7-11-3-5-12(10-17)6-4-11/h3-6,9H,2,7-8H2,1H3,(H2,18,19,20,21,22). The molecule has 1 aromatic heterocycles. The van der Waals surface area contributed by atoms with E-state index < -0.39 is 0 Å². The van der Waals surface area contributed by atoms with E-state index in [9.17, 15) is 9.59 Å². The molecule has 22 heavy (non-hydrogen) atoms. The Hall–Kier alpha value is -2.94. The molecule has 0 unspecified atom stereocenters. The number of rotatable bonds is 5. The van der Waals surface area contributed by atoms with Crippen LogP contribution in [0.25, 0.3) is 0 Å². The van der Waals surface area contributed by atoms with Gasteiger partial charge in [-0.1, -0.05) is 19.1 Å². The zero-order valence-electron chi connectivity index (χ0n) is 12.2. The van der Waals surface area contributed by atoms with Gasteiger partial charge in [0.15, 0.2) is 0 Å². The molecule has 0 saturated heterocycles. The van der Waals surface area contributed by atoms with Crippen molar-refractivity contribution in [1.29, 1.82) is 5.26 Å². The summed E-state index contributed by atoms with van der Waals surface area (Å²) in [7, 11) is 0. The van der Waals surface area contributed by atoms with Gasteiger partial charge in [0.2, 0.25) is 11.9 Å². The van der Waals surface area contributed by atoms with E-state index >= 15 is 0 Å².